The molecule has 3 rings (SSSR count). The minimum atomic E-state index is -5.58. The molecule has 3 aromatic rings. The van der Waals surface area contributed by atoms with Crippen molar-refractivity contribution in [1.29, 1.82) is 0 Å². The Bertz CT molecular complexity index is 1050. The van der Waals surface area contributed by atoms with E-state index in [2.05, 4.69) is 9.97 Å². The molecule has 0 unspecified atom stereocenters. The summed E-state index contributed by atoms with van der Waals surface area (Å²) >= 11 is 0. The SMILES string of the molecule is COCc1cnc2c(cc(C(O)(O)C(F)(F)F)c3ncccc32)c1C(F)(F)F. The maximum Gasteiger partial charge on any atom is 0.447 e. The molecule has 0 aliphatic rings. The molecule has 0 saturated carbocycles. The van der Waals surface area contributed by atoms with Crippen LogP contribution in [0.3, 0.4) is 0 Å². The maximum absolute atomic E-state index is 13.7. The number of ether oxygens (including phenoxy) is 1. The molecule has 11 heteroatoms. The van der Waals surface area contributed by atoms with Crippen molar-refractivity contribution in [3.8, 4) is 0 Å². The van der Waals surface area contributed by atoms with Crippen LogP contribution in [-0.4, -0.2) is 33.5 Å². The zero-order valence-electron chi connectivity index (χ0n) is 14.1. The number of methoxy groups -OCH3 is 1. The van der Waals surface area contributed by atoms with Gasteiger partial charge in [-0.25, -0.2) is 0 Å². The van der Waals surface area contributed by atoms with Gasteiger partial charge in [0.05, 0.1) is 23.2 Å². The third-order valence-corrected chi connectivity index (χ3v) is 4.16. The highest BCUT2D eigenvalue weighted by molar-refractivity contribution is 6.07. The molecule has 2 aromatic heterocycles. The number of fused-ring (bicyclic) bond motifs is 3. The van der Waals surface area contributed by atoms with Gasteiger partial charge in [0.1, 0.15) is 0 Å². The largest absolute Gasteiger partial charge is 0.447 e. The Morgan fingerprint density at radius 1 is 1.00 bits per heavy atom. The number of aromatic nitrogens is 2. The Morgan fingerprint density at radius 2 is 1.68 bits per heavy atom. The fourth-order valence-corrected chi connectivity index (χ4v) is 2.96. The van der Waals surface area contributed by atoms with Crippen LogP contribution >= 0.6 is 0 Å². The molecular formula is C17H12F6N2O3. The van der Waals surface area contributed by atoms with Gasteiger partial charge in [0.2, 0.25) is 0 Å². The van der Waals surface area contributed by atoms with E-state index in [1.54, 1.807) is 0 Å². The molecule has 150 valence electrons. The molecule has 1 aromatic carbocycles. The molecule has 0 spiro atoms. The average Bonchev–Trinajstić information content (AvgIpc) is 2.58. The molecule has 0 radical (unpaired) electrons. The Morgan fingerprint density at radius 3 is 2.25 bits per heavy atom. The molecule has 0 aliphatic carbocycles. The molecule has 0 saturated heterocycles. The summed E-state index contributed by atoms with van der Waals surface area (Å²) in [6, 6.07) is 2.89. The summed E-state index contributed by atoms with van der Waals surface area (Å²) < 4.78 is 85.5. The molecule has 28 heavy (non-hydrogen) atoms. The Balaban J connectivity index is 2.55. The minimum Gasteiger partial charge on any atom is -0.380 e. The smallest absolute Gasteiger partial charge is 0.380 e. The Labute approximate surface area is 153 Å². The van der Waals surface area contributed by atoms with E-state index in [9.17, 15) is 36.6 Å². The van der Waals surface area contributed by atoms with Crippen molar-refractivity contribution < 1.29 is 41.3 Å². The van der Waals surface area contributed by atoms with Gasteiger partial charge in [0.15, 0.2) is 0 Å². The second-order valence-electron chi connectivity index (χ2n) is 5.98. The number of alkyl halides is 6. The Kier molecular flexibility index (Phi) is 4.72. The van der Waals surface area contributed by atoms with Gasteiger partial charge >= 0.3 is 12.4 Å². The monoisotopic (exact) mass is 406 g/mol. The molecule has 2 heterocycles. The van der Waals surface area contributed by atoms with Crippen LogP contribution in [0.4, 0.5) is 26.3 Å². The van der Waals surface area contributed by atoms with E-state index in [1.807, 2.05) is 0 Å². The first-order valence-corrected chi connectivity index (χ1v) is 7.67. The summed E-state index contributed by atoms with van der Waals surface area (Å²) in [7, 11) is 1.15. The van der Waals surface area contributed by atoms with Crippen LogP contribution in [0, 0.1) is 0 Å². The number of rotatable bonds is 3. The molecule has 0 atom stereocenters. The molecule has 5 nitrogen and oxygen atoms in total. The van der Waals surface area contributed by atoms with Crippen LogP contribution in [0.5, 0.6) is 0 Å². The summed E-state index contributed by atoms with van der Waals surface area (Å²) in [6.45, 7) is -0.499. The van der Waals surface area contributed by atoms with Crippen LogP contribution in [0.2, 0.25) is 0 Å². The highest BCUT2D eigenvalue weighted by atomic mass is 19.4. The van der Waals surface area contributed by atoms with Crippen molar-refractivity contribution in [2.75, 3.05) is 7.11 Å². The van der Waals surface area contributed by atoms with Crippen molar-refractivity contribution in [2.24, 2.45) is 0 Å². The van der Waals surface area contributed by atoms with Gasteiger partial charge in [-0.3, -0.25) is 9.97 Å². The number of pyridine rings is 2. The highest BCUT2D eigenvalue weighted by Crippen LogP contribution is 2.44. The lowest BCUT2D eigenvalue weighted by atomic mass is 9.94. The van der Waals surface area contributed by atoms with Crippen LogP contribution in [0.15, 0.2) is 30.6 Å². The van der Waals surface area contributed by atoms with Gasteiger partial charge in [0, 0.05) is 41.4 Å². The van der Waals surface area contributed by atoms with Crippen molar-refractivity contribution in [2.45, 2.75) is 24.7 Å². The first kappa shape index (κ1) is 20.2. The van der Waals surface area contributed by atoms with Gasteiger partial charge in [-0.1, -0.05) is 0 Å². The summed E-state index contributed by atoms with van der Waals surface area (Å²) in [4.78, 5) is 7.62. The van der Waals surface area contributed by atoms with Gasteiger partial charge in [-0.15, -0.1) is 0 Å². The topological polar surface area (TPSA) is 75.5 Å². The molecule has 2 N–H and O–H groups in total. The number of nitrogens with zero attached hydrogens (tertiary/aromatic N) is 2. The lowest BCUT2D eigenvalue weighted by Crippen LogP contribution is -2.42. The Hall–Kier alpha value is -2.50. The van der Waals surface area contributed by atoms with Gasteiger partial charge in [-0.2, -0.15) is 26.3 Å². The quantitative estimate of drug-likeness (QED) is 0.395. The molecule has 0 bridgehead atoms. The first-order valence-electron chi connectivity index (χ1n) is 7.67. The van der Waals surface area contributed by atoms with E-state index in [-0.39, 0.29) is 10.9 Å². The van der Waals surface area contributed by atoms with Crippen molar-refractivity contribution in [1.82, 2.24) is 9.97 Å². The predicted molar refractivity (Wildman–Crippen MR) is 84.9 cm³/mol. The van der Waals surface area contributed by atoms with Gasteiger partial charge < -0.3 is 14.9 Å². The maximum atomic E-state index is 13.7. The third kappa shape index (κ3) is 3.15. The normalized spacial score (nSPS) is 13.5. The molecular weight excluding hydrogens is 394 g/mol. The number of hydrogen-bond donors (Lipinski definition) is 2. The number of halogens is 6. The van der Waals surface area contributed by atoms with E-state index in [0.29, 0.717) is 6.07 Å². The number of benzene rings is 1. The molecule has 0 amide bonds. The fraction of sp³-hybridized carbons (Fsp3) is 0.294. The third-order valence-electron chi connectivity index (χ3n) is 4.16. The zero-order valence-corrected chi connectivity index (χ0v) is 14.1. The summed E-state index contributed by atoms with van der Waals surface area (Å²) in [6.07, 6.45) is -8.56. The van der Waals surface area contributed by atoms with E-state index >= 15 is 0 Å². The van der Waals surface area contributed by atoms with E-state index < -0.39 is 52.3 Å². The average molecular weight is 406 g/mol. The van der Waals surface area contributed by atoms with Crippen molar-refractivity contribution in [3.05, 3.63) is 47.3 Å². The highest BCUT2D eigenvalue weighted by Gasteiger charge is 2.55. The van der Waals surface area contributed by atoms with Gasteiger partial charge in [0.25, 0.3) is 5.79 Å². The lowest BCUT2D eigenvalue weighted by molar-refractivity contribution is -0.357. The zero-order chi connectivity index (χ0) is 20.9. The first-order chi connectivity index (χ1) is 12.9. The fourth-order valence-electron chi connectivity index (χ4n) is 2.96. The van der Waals surface area contributed by atoms with Crippen molar-refractivity contribution >= 4 is 21.8 Å². The lowest BCUT2D eigenvalue weighted by Gasteiger charge is -2.26. The van der Waals surface area contributed by atoms with Crippen LogP contribution < -0.4 is 0 Å². The second kappa shape index (κ2) is 6.54. The van der Waals surface area contributed by atoms with Crippen LogP contribution in [-0.2, 0) is 23.3 Å². The summed E-state index contributed by atoms with van der Waals surface area (Å²) in [5, 5.41) is 18.5. The van der Waals surface area contributed by atoms with E-state index in [1.165, 1.54) is 12.1 Å². The van der Waals surface area contributed by atoms with E-state index in [0.717, 1.165) is 19.5 Å². The standard InChI is InChI=1S/C17H12F6N2O3/c1-28-7-8-6-25-13-9-3-2-4-24-14(9)11(15(26,27)17(21,22)23)5-10(13)12(8)16(18,19)20/h2-6,26-27H,7H2,1H3. The van der Waals surface area contributed by atoms with E-state index in [4.69, 9.17) is 4.74 Å². The minimum absolute atomic E-state index is 0.193. The second-order valence-corrected chi connectivity index (χ2v) is 5.98. The van der Waals surface area contributed by atoms with Gasteiger partial charge in [-0.05, 0) is 18.2 Å². The van der Waals surface area contributed by atoms with Crippen LogP contribution in [0.1, 0.15) is 16.7 Å². The van der Waals surface area contributed by atoms with Crippen molar-refractivity contribution in [3.63, 3.8) is 0 Å². The summed E-state index contributed by atoms with van der Waals surface area (Å²) in [5.41, 5.74) is -3.73. The predicted octanol–water partition coefficient (Wildman–Crippen LogP) is 3.65. The molecule has 0 aliphatic heterocycles. The molecule has 0 fully saturated rings. The number of aliphatic hydroxyl groups is 2. The van der Waals surface area contributed by atoms with Crippen LogP contribution in [0.25, 0.3) is 21.8 Å². The number of hydrogen-bond acceptors (Lipinski definition) is 5. The summed E-state index contributed by atoms with van der Waals surface area (Å²) in [5.74, 6) is -4.42.